The fourth-order valence-corrected chi connectivity index (χ4v) is 2.36. The zero-order chi connectivity index (χ0) is 11.1. The summed E-state index contributed by atoms with van der Waals surface area (Å²) in [5, 5.41) is 12.9. The molecule has 0 aliphatic heterocycles. The van der Waals surface area contributed by atoms with Crippen LogP contribution in [-0.2, 0) is 11.2 Å². The van der Waals surface area contributed by atoms with Crippen molar-refractivity contribution in [3.05, 3.63) is 35.4 Å². The Balaban J connectivity index is 1.81. The molecule has 0 saturated heterocycles. The van der Waals surface area contributed by atoms with E-state index < -0.39 is 6.10 Å². The summed E-state index contributed by atoms with van der Waals surface area (Å²) < 4.78 is 0. The molecule has 16 heavy (non-hydrogen) atoms. The monoisotopic (exact) mass is 217 g/mol. The Labute approximate surface area is 94.5 Å². The van der Waals surface area contributed by atoms with Crippen LogP contribution < -0.4 is 5.32 Å². The minimum Gasteiger partial charge on any atom is -0.390 e. The standard InChI is InChI=1S/C13H15NO2/c15-11-7-9-3-1-2-4-10(9)12(11)14-13(16)8-5-6-8/h1-4,8,11-12,15H,5-7H2,(H,14,16). The van der Waals surface area contributed by atoms with Gasteiger partial charge in [-0.1, -0.05) is 24.3 Å². The molecule has 2 aliphatic rings. The molecule has 3 nitrogen and oxygen atoms in total. The second-order valence-corrected chi connectivity index (χ2v) is 4.73. The van der Waals surface area contributed by atoms with Gasteiger partial charge in [0, 0.05) is 12.3 Å². The number of carbonyl (C=O) groups is 1. The van der Waals surface area contributed by atoms with Crippen molar-refractivity contribution >= 4 is 5.91 Å². The predicted octanol–water partition coefficient (Wildman–Crippen LogP) is 1.17. The molecule has 2 unspecified atom stereocenters. The van der Waals surface area contributed by atoms with Crippen LogP contribution in [0.4, 0.5) is 0 Å². The van der Waals surface area contributed by atoms with E-state index in [2.05, 4.69) is 5.32 Å². The maximum atomic E-state index is 11.7. The van der Waals surface area contributed by atoms with Crippen LogP contribution in [0.25, 0.3) is 0 Å². The lowest BCUT2D eigenvalue weighted by Gasteiger charge is -2.17. The highest BCUT2D eigenvalue weighted by Crippen LogP contribution is 2.34. The van der Waals surface area contributed by atoms with Gasteiger partial charge in [-0.2, -0.15) is 0 Å². The molecule has 1 fully saturated rings. The number of aliphatic hydroxyl groups is 1. The summed E-state index contributed by atoms with van der Waals surface area (Å²) in [7, 11) is 0. The summed E-state index contributed by atoms with van der Waals surface area (Å²) in [5.74, 6) is 0.292. The van der Waals surface area contributed by atoms with Crippen LogP contribution in [0, 0.1) is 5.92 Å². The lowest BCUT2D eigenvalue weighted by Crippen LogP contribution is -2.34. The first kappa shape index (κ1) is 9.85. The molecule has 1 amide bonds. The molecule has 1 aromatic rings. The molecule has 0 heterocycles. The van der Waals surface area contributed by atoms with E-state index in [1.54, 1.807) is 0 Å². The van der Waals surface area contributed by atoms with E-state index in [1.165, 1.54) is 0 Å². The predicted molar refractivity (Wildman–Crippen MR) is 59.8 cm³/mol. The lowest BCUT2D eigenvalue weighted by molar-refractivity contribution is -0.123. The number of carbonyl (C=O) groups excluding carboxylic acids is 1. The number of hydrogen-bond donors (Lipinski definition) is 2. The molecular formula is C13H15NO2. The Morgan fingerprint density at radius 1 is 1.31 bits per heavy atom. The second-order valence-electron chi connectivity index (χ2n) is 4.73. The fraction of sp³-hybridized carbons (Fsp3) is 0.462. The molecule has 0 radical (unpaired) electrons. The van der Waals surface area contributed by atoms with Crippen molar-refractivity contribution in [1.29, 1.82) is 0 Å². The number of fused-ring (bicyclic) bond motifs is 1. The van der Waals surface area contributed by atoms with Crippen molar-refractivity contribution in [2.75, 3.05) is 0 Å². The summed E-state index contributed by atoms with van der Waals surface area (Å²) in [6.45, 7) is 0. The SMILES string of the molecule is O=C(NC1c2ccccc2CC1O)C1CC1. The van der Waals surface area contributed by atoms with Crippen LogP contribution in [0.1, 0.15) is 30.0 Å². The number of benzene rings is 1. The molecule has 1 aromatic carbocycles. The van der Waals surface area contributed by atoms with Gasteiger partial charge in [-0.05, 0) is 24.0 Å². The summed E-state index contributed by atoms with van der Waals surface area (Å²) >= 11 is 0. The fourth-order valence-electron chi connectivity index (χ4n) is 2.36. The zero-order valence-corrected chi connectivity index (χ0v) is 9.02. The number of nitrogens with one attached hydrogen (secondary N) is 1. The van der Waals surface area contributed by atoms with Gasteiger partial charge in [0.15, 0.2) is 0 Å². The molecule has 0 spiro atoms. The van der Waals surface area contributed by atoms with Gasteiger partial charge >= 0.3 is 0 Å². The van der Waals surface area contributed by atoms with Gasteiger partial charge in [0.25, 0.3) is 0 Å². The van der Waals surface area contributed by atoms with Gasteiger partial charge in [-0.3, -0.25) is 4.79 Å². The average Bonchev–Trinajstić information content (AvgIpc) is 3.06. The van der Waals surface area contributed by atoms with E-state index in [0.29, 0.717) is 6.42 Å². The Hall–Kier alpha value is -1.35. The van der Waals surface area contributed by atoms with Gasteiger partial charge in [0.2, 0.25) is 5.91 Å². The van der Waals surface area contributed by atoms with E-state index in [-0.39, 0.29) is 17.9 Å². The maximum Gasteiger partial charge on any atom is 0.223 e. The van der Waals surface area contributed by atoms with E-state index >= 15 is 0 Å². The van der Waals surface area contributed by atoms with Gasteiger partial charge in [-0.25, -0.2) is 0 Å². The van der Waals surface area contributed by atoms with Gasteiger partial charge in [0.1, 0.15) is 0 Å². The molecule has 2 atom stereocenters. The molecule has 84 valence electrons. The number of aliphatic hydroxyl groups excluding tert-OH is 1. The molecule has 3 heteroatoms. The summed E-state index contributed by atoms with van der Waals surface area (Å²) in [5.41, 5.74) is 2.22. The van der Waals surface area contributed by atoms with Crippen LogP contribution in [0.15, 0.2) is 24.3 Å². The van der Waals surface area contributed by atoms with Gasteiger partial charge in [-0.15, -0.1) is 0 Å². The molecular weight excluding hydrogens is 202 g/mol. The lowest BCUT2D eigenvalue weighted by atomic mass is 10.1. The van der Waals surface area contributed by atoms with Crippen LogP contribution in [-0.4, -0.2) is 17.1 Å². The third-order valence-corrected chi connectivity index (χ3v) is 3.45. The van der Waals surface area contributed by atoms with Crippen molar-refractivity contribution in [3.8, 4) is 0 Å². The second kappa shape index (κ2) is 3.59. The number of amides is 1. The zero-order valence-electron chi connectivity index (χ0n) is 9.02. The van der Waals surface area contributed by atoms with E-state index in [4.69, 9.17) is 0 Å². The topological polar surface area (TPSA) is 49.3 Å². The highest BCUT2D eigenvalue weighted by Gasteiger charge is 2.36. The maximum absolute atomic E-state index is 11.7. The largest absolute Gasteiger partial charge is 0.390 e. The molecule has 1 saturated carbocycles. The highest BCUT2D eigenvalue weighted by atomic mass is 16.3. The van der Waals surface area contributed by atoms with Crippen molar-refractivity contribution in [3.63, 3.8) is 0 Å². The minimum atomic E-state index is -0.472. The summed E-state index contributed by atoms with van der Waals surface area (Å²) in [6, 6.07) is 7.72. The molecule has 2 aliphatic carbocycles. The minimum absolute atomic E-state index is 0.0979. The third-order valence-electron chi connectivity index (χ3n) is 3.45. The Kier molecular flexibility index (Phi) is 2.21. The van der Waals surface area contributed by atoms with Gasteiger partial charge < -0.3 is 10.4 Å². The van der Waals surface area contributed by atoms with Gasteiger partial charge in [0.05, 0.1) is 12.1 Å². The summed E-state index contributed by atoms with van der Waals surface area (Å²) in [6.07, 6.45) is 2.17. The Bertz CT molecular complexity index is 426. The van der Waals surface area contributed by atoms with Crippen LogP contribution in [0.2, 0.25) is 0 Å². The first-order valence-electron chi connectivity index (χ1n) is 5.82. The number of hydrogen-bond acceptors (Lipinski definition) is 2. The normalized spacial score (nSPS) is 27.6. The smallest absolute Gasteiger partial charge is 0.223 e. The van der Waals surface area contributed by atoms with Crippen LogP contribution in [0.3, 0.4) is 0 Å². The molecule has 0 aromatic heterocycles. The average molecular weight is 217 g/mol. The van der Waals surface area contributed by atoms with Crippen molar-refractivity contribution in [2.45, 2.75) is 31.4 Å². The van der Waals surface area contributed by atoms with E-state index in [9.17, 15) is 9.90 Å². The molecule has 3 rings (SSSR count). The number of rotatable bonds is 2. The first-order chi connectivity index (χ1) is 7.75. The van der Waals surface area contributed by atoms with Crippen molar-refractivity contribution in [2.24, 2.45) is 5.92 Å². The van der Waals surface area contributed by atoms with Crippen molar-refractivity contribution < 1.29 is 9.90 Å². The molecule has 0 bridgehead atoms. The molecule has 2 N–H and O–H groups in total. The van der Waals surface area contributed by atoms with Crippen LogP contribution >= 0.6 is 0 Å². The Morgan fingerprint density at radius 2 is 2.06 bits per heavy atom. The van der Waals surface area contributed by atoms with Crippen LogP contribution in [0.5, 0.6) is 0 Å². The summed E-state index contributed by atoms with van der Waals surface area (Å²) in [4.78, 5) is 11.7. The Morgan fingerprint density at radius 3 is 2.81 bits per heavy atom. The first-order valence-corrected chi connectivity index (χ1v) is 5.82. The van der Waals surface area contributed by atoms with E-state index in [1.807, 2.05) is 24.3 Å². The van der Waals surface area contributed by atoms with E-state index in [0.717, 1.165) is 24.0 Å². The highest BCUT2D eigenvalue weighted by molar-refractivity contribution is 5.81. The quantitative estimate of drug-likeness (QED) is 0.781. The third kappa shape index (κ3) is 1.61. The van der Waals surface area contributed by atoms with Crippen molar-refractivity contribution in [1.82, 2.24) is 5.32 Å².